The van der Waals surface area contributed by atoms with Crippen molar-refractivity contribution in [3.05, 3.63) is 34.1 Å². The first-order chi connectivity index (χ1) is 12.7. The van der Waals surface area contributed by atoms with E-state index in [0.29, 0.717) is 0 Å². The van der Waals surface area contributed by atoms with Crippen LogP contribution in [0, 0.1) is 0 Å². The van der Waals surface area contributed by atoms with E-state index in [1.165, 1.54) is 14.0 Å². The van der Waals surface area contributed by atoms with Gasteiger partial charge in [-0.3, -0.25) is 9.59 Å². The van der Waals surface area contributed by atoms with Crippen molar-refractivity contribution in [2.45, 2.75) is 37.8 Å². The molecule has 27 heavy (non-hydrogen) atoms. The van der Waals surface area contributed by atoms with Gasteiger partial charge in [-0.05, 0) is 6.92 Å². The molecule has 2 bridgehead atoms. The number of carboxylic acids is 1. The van der Waals surface area contributed by atoms with Crippen LogP contribution in [0.4, 0.5) is 0 Å². The predicted molar refractivity (Wildman–Crippen MR) is 86.6 cm³/mol. The average Bonchev–Trinajstić information content (AvgIpc) is 2.59. The maximum absolute atomic E-state index is 12.6. The number of allylic oxidation sites excluding steroid dienone is 2. The molecule has 1 aromatic carbocycles. The van der Waals surface area contributed by atoms with Crippen LogP contribution >= 0.6 is 0 Å². The Morgan fingerprint density at radius 1 is 1.22 bits per heavy atom. The number of fused-ring (bicyclic) bond motifs is 5. The van der Waals surface area contributed by atoms with Crippen LogP contribution < -0.4 is 0 Å². The highest BCUT2D eigenvalue weighted by Crippen LogP contribution is 2.53. The Labute approximate surface area is 152 Å². The van der Waals surface area contributed by atoms with Gasteiger partial charge in [0.25, 0.3) is 0 Å². The summed E-state index contributed by atoms with van der Waals surface area (Å²) in [5, 5.41) is 30.8. The number of hydrogen-bond acceptors (Lipinski definition) is 8. The van der Waals surface area contributed by atoms with Gasteiger partial charge in [0, 0.05) is 30.0 Å². The van der Waals surface area contributed by atoms with E-state index in [-0.39, 0.29) is 40.9 Å². The third-order valence-corrected chi connectivity index (χ3v) is 5.08. The van der Waals surface area contributed by atoms with Crippen LogP contribution in [0.2, 0.25) is 0 Å². The van der Waals surface area contributed by atoms with Gasteiger partial charge >= 0.3 is 5.97 Å². The SMILES string of the molecule is COC1=CC(=O)c2c(O)c3c(c(O)c2C1=O)C[C@@]1(C)O[C@@H](C(=O)O)C[C@H]3O1. The van der Waals surface area contributed by atoms with Crippen molar-refractivity contribution in [3.8, 4) is 11.5 Å². The minimum Gasteiger partial charge on any atom is -0.507 e. The Kier molecular flexibility index (Phi) is 3.59. The number of Topliss-reactive ketones (excluding diaryl/α,β-unsaturated/α-hetero) is 1. The number of benzene rings is 1. The van der Waals surface area contributed by atoms with Crippen molar-refractivity contribution in [2.75, 3.05) is 7.11 Å². The zero-order valence-electron chi connectivity index (χ0n) is 14.4. The third-order valence-electron chi connectivity index (χ3n) is 5.08. The number of carboxylic acid groups (broad SMARTS) is 1. The maximum Gasteiger partial charge on any atom is 0.333 e. The van der Waals surface area contributed by atoms with Crippen molar-refractivity contribution in [1.29, 1.82) is 0 Å². The van der Waals surface area contributed by atoms with E-state index in [1.54, 1.807) is 0 Å². The summed E-state index contributed by atoms with van der Waals surface area (Å²) < 4.78 is 16.1. The molecule has 0 saturated carbocycles. The lowest BCUT2D eigenvalue weighted by Gasteiger charge is -2.46. The number of rotatable bonds is 2. The number of carbonyl (C=O) groups excluding carboxylic acids is 2. The molecule has 4 rings (SSSR count). The van der Waals surface area contributed by atoms with Crippen LogP contribution in [0.1, 0.15) is 51.3 Å². The first kappa shape index (κ1) is 17.5. The summed E-state index contributed by atoms with van der Waals surface area (Å²) in [7, 11) is 1.22. The molecule has 1 saturated heterocycles. The topological polar surface area (TPSA) is 140 Å². The van der Waals surface area contributed by atoms with Crippen LogP contribution in [0.15, 0.2) is 11.8 Å². The maximum atomic E-state index is 12.6. The molecule has 1 aliphatic carbocycles. The second kappa shape index (κ2) is 5.54. The molecule has 9 heteroatoms. The summed E-state index contributed by atoms with van der Waals surface area (Å²) in [6, 6.07) is 0. The normalized spacial score (nSPS) is 28.9. The highest BCUT2D eigenvalue weighted by molar-refractivity contribution is 6.26. The largest absolute Gasteiger partial charge is 0.507 e. The fourth-order valence-corrected chi connectivity index (χ4v) is 3.96. The van der Waals surface area contributed by atoms with Crippen molar-refractivity contribution in [3.63, 3.8) is 0 Å². The molecule has 3 aliphatic rings. The lowest BCUT2D eigenvalue weighted by atomic mass is 9.80. The summed E-state index contributed by atoms with van der Waals surface area (Å²) >= 11 is 0. The molecule has 0 unspecified atom stereocenters. The molecule has 142 valence electrons. The van der Waals surface area contributed by atoms with Crippen molar-refractivity contribution < 1.29 is 43.9 Å². The van der Waals surface area contributed by atoms with Crippen LogP contribution in [-0.2, 0) is 25.4 Å². The number of carbonyl (C=O) groups is 3. The second-order valence-corrected chi connectivity index (χ2v) is 6.84. The average molecular weight is 376 g/mol. The van der Waals surface area contributed by atoms with Crippen LogP contribution in [-0.4, -0.2) is 51.9 Å². The Balaban J connectivity index is 1.95. The number of phenols is 2. The highest BCUT2D eigenvalue weighted by Gasteiger charge is 2.50. The fourth-order valence-electron chi connectivity index (χ4n) is 3.96. The van der Waals surface area contributed by atoms with Gasteiger partial charge in [0.2, 0.25) is 5.78 Å². The highest BCUT2D eigenvalue weighted by atomic mass is 16.7. The van der Waals surface area contributed by atoms with Gasteiger partial charge < -0.3 is 29.5 Å². The van der Waals surface area contributed by atoms with Crippen LogP contribution in [0.25, 0.3) is 0 Å². The van der Waals surface area contributed by atoms with Crippen LogP contribution in [0.3, 0.4) is 0 Å². The van der Waals surface area contributed by atoms with E-state index >= 15 is 0 Å². The number of hydrogen-bond donors (Lipinski definition) is 3. The number of aliphatic carboxylic acids is 1. The molecular formula is C18H16O9. The van der Waals surface area contributed by atoms with E-state index < -0.39 is 47.0 Å². The molecule has 2 heterocycles. The van der Waals surface area contributed by atoms with Crippen LogP contribution in [0.5, 0.6) is 11.5 Å². The van der Waals surface area contributed by atoms with E-state index in [1.807, 2.05) is 0 Å². The summed E-state index contributed by atoms with van der Waals surface area (Å²) in [5.41, 5.74) is -0.391. The molecule has 1 fully saturated rings. The monoisotopic (exact) mass is 376 g/mol. The number of aromatic hydroxyl groups is 2. The van der Waals surface area contributed by atoms with Crippen molar-refractivity contribution in [2.24, 2.45) is 0 Å². The lowest BCUT2D eigenvalue weighted by molar-refractivity contribution is -0.314. The van der Waals surface area contributed by atoms with Crippen molar-refractivity contribution >= 4 is 17.5 Å². The second-order valence-electron chi connectivity index (χ2n) is 6.84. The summed E-state index contributed by atoms with van der Waals surface area (Å²) in [6.07, 6.45) is -1.38. The lowest BCUT2D eigenvalue weighted by Crippen LogP contribution is -2.50. The van der Waals surface area contributed by atoms with Crippen molar-refractivity contribution in [1.82, 2.24) is 0 Å². The van der Waals surface area contributed by atoms with E-state index in [9.17, 15) is 29.7 Å². The van der Waals surface area contributed by atoms with Gasteiger partial charge in [0.15, 0.2) is 23.4 Å². The molecule has 3 atom stereocenters. The zero-order valence-corrected chi connectivity index (χ0v) is 14.4. The van der Waals surface area contributed by atoms with Gasteiger partial charge in [0.1, 0.15) is 11.5 Å². The molecule has 9 nitrogen and oxygen atoms in total. The minimum atomic E-state index is -1.36. The van der Waals surface area contributed by atoms with Gasteiger partial charge in [-0.25, -0.2) is 4.79 Å². The Morgan fingerprint density at radius 2 is 1.93 bits per heavy atom. The molecule has 0 radical (unpaired) electrons. The molecule has 1 aromatic rings. The number of ether oxygens (including phenoxy) is 3. The van der Waals surface area contributed by atoms with E-state index in [2.05, 4.69) is 0 Å². The molecule has 0 spiro atoms. The third kappa shape index (κ3) is 2.35. The predicted octanol–water partition coefficient (Wildman–Crippen LogP) is 1.21. The fraction of sp³-hybridized carbons (Fsp3) is 0.389. The standard InChI is InChI=1S/C18H16O9/c1-18-5-6-11(8(26-18)4-10(27-18)17(23)24)16(22)12-7(19)3-9(25-2)15(21)13(12)14(6)20/h3,8,10,20,22H,4-5H2,1-2H3,(H,23,24)/t8-,10-,18-/m1/s1. The Bertz CT molecular complexity index is 945. The quantitative estimate of drug-likeness (QED) is 0.650. The minimum absolute atomic E-state index is 0.105. The Hall–Kier alpha value is -2.91. The summed E-state index contributed by atoms with van der Waals surface area (Å²) in [5.74, 6) is -5.18. The number of methoxy groups -OCH3 is 1. The molecular weight excluding hydrogens is 360 g/mol. The zero-order chi connectivity index (χ0) is 19.7. The van der Waals surface area contributed by atoms with Gasteiger partial charge in [0.05, 0.1) is 24.3 Å². The first-order valence-electron chi connectivity index (χ1n) is 8.20. The van der Waals surface area contributed by atoms with Gasteiger partial charge in [-0.1, -0.05) is 0 Å². The van der Waals surface area contributed by atoms with E-state index in [0.717, 1.165) is 6.08 Å². The number of phenolic OH excluding ortho intramolecular Hbond substituents is 2. The summed E-state index contributed by atoms with van der Waals surface area (Å²) in [6.45, 7) is 1.52. The van der Waals surface area contributed by atoms with Gasteiger partial charge in [-0.15, -0.1) is 0 Å². The molecule has 2 aliphatic heterocycles. The van der Waals surface area contributed by atoms with E-state index in [4.69, 9.17) is 14.2 Å². The Morgan fingerprint density at radius 3 is 2.56 bits per heavy atom. The molecule has 3 N–H and O–H groups in total. The van der Waals surface area contributed by atoms with Gasteiger partial charge in [-0.2, -0.15) is 0 Å². The molecule has 0 aromatic heterocycles. The smallest absolute Gasteiger partial charge is 0.333 e. The first-order valence-corrected chi connectivity index (χ1v) is 8.20. The number of ketones is 2. The molecule has 0 amide bonds. The summed E-state index contributed by atoms with van der Waals surface area (Å²) in [4.78, 5) is 36.4.